The Morgan fingerprint density at radius 2 is 2.23 bits per heavy atom. The lowest BCUT2D eigenvalue weighted by Crippen LogP contribution is -2.38. The number of rotatable bonds is 3. The van der Waals surface area contributed by atoms with Gasteiger partial charge < -0.3 is 14.7 Å². The van der Waals surface area contributed by atoms with E-state index in [0.717, 1.165) is 18.6 Å². The molecule has 0 spiro atoms. The Hall–Kier alpha value is -1.95. The van der Waals surface area contributed by atoms with E-state index in [0.29, 0.717) is 12.2 Å². The van der Waals surface area contributed by atoms with Crippen molar-refractivity contribution in [1.29, 1.82) is 0 Å². The van der Waals surface area contributed by atoms with E-state index in [9.17, 15) is 14.0 Å². The molecule has 0 unspecified atom stereocenters. The van der Waals surface area contributed by atoms with Crippen molar-refractivity contribution in [3.8, 4) is 0 Å². The number of carboxylic acids is 1. The number of likely N-dealkylation sites (tertiary alicyclic amines) is 1. The monoisotopic (exact) mass is 307 g/mol. The molecule has 0 bridgehead atoms. The largest absolute Gasteiger partial charge is 0.479 e. The molecule has 2 aliphatic heterocycles. The molecule has 22 heavy (non-hydrogen) atoms. The Morgan fingerprint density at radius 1 is 1.41 bits per heavy atom. The van der Waals surface area contributed by atoms with Crippen molar-refractivity contribution >= 4 is 11.9 Å². The van der Waals surface area contributed by atoms with Gasteiger partial charge in [0.1, 0.15) is 0 Å². The third kappa shape index (κ3) is 2.70. The number of nitrogens with zero attached hydrogens (tertiary/aromatic N) is 1. The van der Waals surface area contributed by atoms with E-state index in [1.54, 1.807) is 18.2 Å². The van der Waals surface area contributed by atoms with Crippen LogP contribution in [0.1, 0.15) is 34.7 Å². The molecule has 2 heterocycles. The molecule has 3 rings (SSSR count). The van der Waals surface area contributed by atoms with E-state index < -0.39 is 18.2 Å². The molecule has 2 atom stereocenters. The highest BCUT2D eigenvalue weighted by Crippen LogP contribution is 2.29. The molecule has 0 saturated carbocycles. The van der Waals surface area contributed by atoms with Crippen molar-refractivity contribution < 1.29 is 23.8 Å². The van der Waals surface area contributed by atoms with E-state index in [1.807, 2.05) is 6.07 Å². The Balaban J connectivity index is 1.75. The minimum Gasteiger partial charge on any atom is -0.479 e. The molecule has 0 radical (unpaired) electrons. The first kappa shape index (κ1) is 15.0. The van der Waals surface area contributed by atoms with Crippen LogP contribution < -0.4 is 0 Å². The first-order valence-electron chi connectivity index (χ1n) is 7.39. The SMILES string of the molecule is O=C(c1cccc([C@H]2CCOC2)c1)N1CC[C@](F)(C(=O)O)C1. The molecule has 1 aromatic carbocycles. The predicted molar refractivity (Wildman–Crippen MR) is 76.6 cm³/mol. The zero-order chi connectivity index (χ0) is 15.7. The van der Waals surface area contributed by atoms with E-state index in [1.165, 1.54) is 4.90 Å². The van der Waals surface area contributed by atoms with Gasteiger partial charge in [0.25, 0.3) is 5.91 Å². The number of carbonyl (C=O) groups excluding carboxylic acids is 1. The third-order valence-electron chi connectivity index (χ3n) is 4.42. The molecular weight excluding hydrogens is 289 g/mol. The second-order valence-corrected chi connectivity index (χ2v) is 5.93. The molecule has 0 aliphatic carbocycles. The highest BCUT2D eigenvalue weighted by atomic mass is 19.1. The van der Waals surface area contributed by atoms with Gasteiger partial charge in [-0.05, 0) is 24.1 Å². The molecule has 1 amide bonds. The van der Waals surface area contributed by atoms with Gasteiger partial charge in [-0.3, -0.25) is 4.79 Å². The number of aliphatic carboxylic acids is 1. The van der Waals surface area contributed by atoms with Gasteiger partial charge in [-0.1, -0.05) is 12.1 Å². The Morgan fingerprint density at radius 3 is 2.86 bits per heavy atom. The van der Waals surface area contributed by atoms with E-state index in [-0.39, 0.29) is 24.8 Å². The summed E-state index contributed by atoms with van der Waals surface area (Å²) in [4.78, 5) is 24.7. The smallest absolute Gasteiger partial charge is 0.343 e. The van der Waals surface area contributed by atoms with Crippen molar-refractivity contribution in [1.82, 2.24) is 4.90 Å². The summed E-state index contributed by atoms with van der Waals surface area (Å²) in [5.41, 5.74) is -0.821. The maximum Gasteiger partial charge on any atom is 0.343 e. The summed E-state index contributed by atoms with van der Waals surface area (Å²) >= 11 is 0. The first-order chi connectivity index (χ1) is 10.5. The number of hydrogen-bond acceptors (Lipinski definition) is 3. The van der Waals surface area contributed by atoms with Crippen LogP contribution in [0.4, 0.5) is 4.39 Å². The molecule has 6 heteroatoms. The van der Waals surface area contributed by atoms with Crippen LogP contribution in [0.5, 0.6) is 0 Å². The normalized spacial score (nSPS) is 28.0. The maximum atomic E-state index is 14.1. The third-order valence-corrected chi connectivity index (χ3v) is 4.42. The minimum atomic E-state index is -2.33. The summed E-state index contributed by atoms with van der Waals surface area (Å²) in [7, 11) is 0. The van der Waals surface area contributed by atoms with Gasteiger partial charge in [0.05, 0.1) is 13.2 Å². The van der Waals surface area contributed by atoms with Crippen LogP contribution in [0.2, 0.25) is 0 Å². The fourth-order valence-corrected chi connectivity index (χ4v) is 3.03. The number of alkyl halides is 1. The average molecular weight is 307 g/mol. The summed E-state index contributed by atoms with van der Waals surface area (Å²) in [5.74, 6) is -1.54. The number of carbonyl (C=O) groups is 2. The van der Waals surface area contributed by atoms with E-state index in [2.05, 4.69) is 0 Å². The van der Waals surface area contributed by atoms with Crippen molar-refractivity contribution in [2.45, 2.75) is 24.4 Å². The Bertz CT molecular complexity index is 600. The molecule has 1 aromatic rings. The van der Waals surface area contributed by atoms with Crippen LogP contribution >= 0.6 is 0 Å². The highest BCUT2D eigenvalue weighted by molar-refractivity contribution is 5.95. The quantitative estimate of drug-likeness (QED) is 0.925. The number of hydrogen-bond donors (Lipinski definition) is 1. The standard InChI is InChI=1S/C16H18FNO4/c17-16(15(20)21)5-6-18(10-16)14(19)12-3-1-2-11(8-12)13-4-7-22-9-13/h1-3,8,13H,4-7,9-10H2,(H,20,21)/t13-,16+/m0/s1. The minimum absolute atomic E-state index is 0.123. The lowest BCUT2D eigenvalue weighted by atomic mass is 9.96. The lowest BCUT2D eigenvalue weighted by molar-refractivity contribution is -0.149. The number of carboxylic acid groups (broad SMARTS) is 1. The van der Waals surface area contributed by atoms with Gasteiger partial charge in [-0.15, -0.1) is 0 Å². The highest BCUT2D eigenvalue weighted by Gasteiger charge is 2.47. The Kier molecular flexibility index (Phi) is 3.87. The van der Waals surface area contributed by atoms with Gasteiger partial charge in [-0.25, -0.2) is 9.18 Å². The first-order valence-corrected chi connectivity index (χ1v) is 7.39. The molecule has 118 valence electrons. The van der Waals surface area contributed by atoms with Crippen molar-refractivity contribution in [2.75, 3.05) is 26.3 Å². The van der Waals surface area contributed by atoms with E-state index in [4.69, 9.17) is 9.84 Å². The summed E-state index contributed by atoms with van der Waals surface area (Å²) < 4.78 is 19.4. The molecule has 0 aromatic heterocycles. The van der Waals surface area contributed by atoms with Crippen LogP contribution in [0.15, 0.2) is 24.3 Å². The summed E-state index contributed by atoms with van der Waals surface area (Å²) in [6.07, 6.45) is 0.762. The van der Waals surface area contributed by atoms with Crippen LogP contribution in [0, 0.1) is 0 Å². The second-order valence-electron chi connectivity index (χ2n) is 5.93. The molecule has 2 aliphatic rings. The number of halogens is 1. The molecule has 2 saturated heterocycles. The van der Waals surface area contributed by atoms with Crippen molar-refractivity contribution in [3.05, 3.63) is 35.4 Å². The van der Waals surface area contributed by atoms with Crippen LogP contribution in [-0.2, 0) is 9.53 Å². The van der Waals surface area contributed by atoms with Gasteiger partial charge in [0.2, 0.25) is 5.67 Å². The number of benzene rings is 1. The maximum absolute atomic E-state index is 14.1. The van der Waals surface area contributed by atoms with Crippen LogP contribution in [-0.4, -0.2) is 53.9 Å². The average Bonchev–Trinajstić information content (AvgIpc) is 3.17. The van der Waals surface area contributed by atoms with E-state index >= 15 is 0 Å². The molecule has 1 N–H and O–H groups in total. The van der Waals surface area contributed by atoms with Gasteiger partial charge >= 0.3 is 5.97 Å². The lowest BCUT2D eigenvalue weighted by Gasteiger charge is -2.18. The van der Waals surface area contributed by atoms with Gasteiger partial charge in [-0.2, -0.15) is 0 Å². The number of ether oxygens (including phenoxy) is 1. The molecule has 2 fully saturated rings. The fourth-order valence-electron chi connectivity index (χ4n) is 3.03. The second kappa shape index (κ2) is 5.68. The van der Waals surface area contributed by atoms with Gasteiger partial charge in [0.15, 0.2) is 0 Å². The zero-order valence-electron chi connectivity index (χ0n) is 12.1. The predicted octanol–water partition coefficient (Wildman–Crippen LogP) is 1.83. The zero-order valence-corrected chi connectivity index (χ0v) is 12.1. The molecular formula is C16H18FNO4. The van der Waals surface area contributed by atoms with Crippen molar-refractivity contribution in [3.63, 3.8) is 0 Å². The number of amides is 1. The summed E-state index contributed by atoms with van der Waals surface area (Å²) in [6.45, 7) is 1.10. The van der Waals surface area contributed by atoms with Gasteiger partial charge in [0, 0.05) is 31.1 Å². The van der Waals surface area contributed by atoms with Crippen LogP contribution in [0.25, 0.3) is 0 Å². The summed E-state index contributed by atoms with van der Waals surface area (Å²) in [5, 5.41) is 8.90. The topological polar surface area (TPSA) is 66.8 Å². The van der Waals surface area contributed by atoms with Crippen molar-refractivity contribution in [2.24, 2.45) is 0 Å². The fraction of sp³-hybridized carbons (Fsp3) is 0.500. The summed E-state index contributed by atoms with van der Waals surface area (Å²) in [6, 6.07) is 7.25. The Labute approximate surface area is 127 Å². The van der Waals surface area contributed by atoms with Crippen LogP contribution in [0.3, 0.4) is 0 Å². The molecule has 5 nitrogen and oxygen atoms in total.